The Morgan fingerprint density at radius 3 is 2.50 bits per heavy atom. The molecule has 0 bridgehead atoms. The Labute approximate surface area is 129 Å². The van der Waals surface area contributed by atoms with Gasteiger partial charge in [-0.15, -0.1) is 0 Å². The second-order valence-corrected chi connectivity index (χ2v) is 5.36. The van der Waals surface area contributed by atoms with Crippen molar-refractivity contribution < 1.29 is 9.90 Å². The maximum absolute atomic E-state index is 11.3. The van der Waals surface area contributed by atoms with Crippen LogP contribution in [0.25, 0.3) is 0 Å². The highest BCUT2D eigenvalue weighted by molar-refractivity contribution is 5.77. The van der Waals surface area contributed by atoms with Crippen LogP contribution in [0, 0.1) is 5.92 Å². The number of nitrogens with one attached hydrogen (secondary N) is 1. The quantitative estimate of drug-likeness (QED) is 0.854. The Bertz CT molecular complexity index is 631. The summed E-state index contributed by atoms with van der Waals surface area (Å²) >= 11 is 0. The van der Waals surface area contributed by atoms with E-state index in [0.29, 0.717) is 11.6 Å². The van der Waals surface area contributed by atoms with E-state index in [1.165, 1.54) is 6.33 Å². The van der Waals surface area contributed by atoms with Crippen molar-refractivity contribution in [1.82, 2.24) is 9.97 Å². The highest BCUT2D eigenvalue weighted by atomic mass is 16.4. The Kier molecular flexibility index (Phi) is 4.93. The van der Waals surface area contributed by atoms with Gasteiger partial charge in [-0.25, -0.2) is 14.8 Å². The molecule has 0 unspecified atom stereocenters. The van der Waals surface area contributed by atoms with Crippen LogP contribution in [0.5, 0.6) is 0 Å². The maximum Gasteiger partial charge on any atom is 0.326 e. The Balaban J connectivity index is 2.21. The Hall–Kier alpha value is -2.63. The predicted octanol–water partition coefficient (Wildman–Crippen LogP) is 2.77. The normalized spacial score (nSPS) is 12.0. The maximum atomic E-state index is 11.3. The smallest absolute Gasteiger partial charge is 0.326 e. The third kappa shape index (κ3) is 3.72. The number of benzene rings is 1. The molecule has 0 saturated heterocycles. The fourth-order valence-corrected chi connectivity index (χ4v) is 2.07. The van der Waals surface area contributed by atoms with Crippen molar-refractivity contribution in [2.75, 3.05) is 17.3 Å². The fourth-order valence-electron chi connectivity index (χ4n) is 2.07. The van der Waals surface area contributed by atoms with E-state index in [1.54, 1.807) is 6.07 Å². The summed E-state index contributed by atoms with van der Waals surface area (Å²) in [6.45, 7) is 3.70. The van der Waals surface area contributed by atoms with Gasteiger partial charge in [-0.05, 0) is 18.1 Å². The number of carbonyl (C=O) groups is 1. The monoisotopic (exact) mass is 300 g/mol. The molecular weight excluding hydrogens is 280 g/mol. The standard InChI is InChI=1S/C16H20N4O2/c1-11(2)15(16(21)22)19-13-9-14(18-10-17-13)20(3)12-7-5-4-6-8-12/h4-11,15H,1-3H3,(H,21,22)(H,17,18,19)/t15-/m0/s1. The summed E-state index contributed by atoms with van der Waals surface area (Å²) in [6.07, 6.45) is 1.43. The highest BCUT2D eigenvalue weighted by Crippen LogP contribution is 2.22. The molecule has 1 aromatic carbocycles. The number of aromatic nitrogens is 2. The minimum absolute atomic E-state index is 0.0530. The van der Waals surface area contributed by atoms with E-state index >= 15 is 0 Å². The summed E-state index contributed by atoms with van der Waals surface area (Å²) in [6, 6.07) is 10.9. The predicted molar refractivity (Wildman–Crippen MR) is 86.4 cm³/mol. The molecule has 0 amide bonds. The van der Waals surface area contributed by atoms with Gasteiger partial charge in [0.1, 0.15) is 24.0 Å². The molecule has 0 fully saturated rings. The van der Waals surface area contributed by atoms with Crippen LogP contribution in [-0.2, 0) is 4.79 Å². The average Bonchev–Trinajstić information content (AvgIpc) is 2.52. The SMILES string of the molecule is CC(C)[C@H](Nc1cc(N(C)c2ccccc2)ncn1)C(=O)O. The molecule has 0 spiro atoms. The van der Waals surface area contributed by atoms with Crippen LogP contribution in [-0.4, -0.2) is 34.1 Å². The summed E-state index contributed by atoms with van der Waals surface area (Å²) in [5.74, 6) is 0.236. The first-order chi connectivity index (χ1) is 10.5. The largest absolute Gasteiger partial charge is 0.480 e. The van der Waals surface area contributed by atoms with E-state index in [1.807, 2.05) is 56.1 Å². The van der Waals surface area contributed by atoms with Crippen molar-refractivity contribution >= 4 is 23.3 Å². The van der Waals surface area contributed by atoms with E-state index in [4.69, 9.17) is 0 Å². The lowest BCUT2D eigenvalue weighted by Crippen LogP contribution is -2.34. The minimum atomic E-state index is -0.897. The van der Waals surface area contributed by atoms with E-state index in [0.717, 1.165) is 5.69 Å². The van der Waals surface area contributed by atoms with Crippen LogP contribution in [0.4, 0.5) is 17.3 Å². The van der Waals surface area contributed by atoms with Crippen molar-refractivity contribution in [3.8, 4) is 0 Å². The van der Waals surface area contributed by atoms with Crippen LogP contribution >= 0.6 is 0 Å². The molecule has 0 saturated carbocycles. The third-order valence-electron chi connectivity index (χ3n) is 3.38. The second-order valence-electron chi connectivity index (χ2n) is 5.36. The van der Waals surface area contributed by atoms with Gasteiger partial charge in [0.05, 0.1) is 0 Å². The van der Waals surface area contributed by atoms with Crippen molar-refractivity contribution in [3.63, 3.8) is 0 Å². The topological polar surface area (TPSA) is 78.3 Å². The summed E-state index contributed by atoms with van der Waals surface area (Å²) < 4.78 is 0. The van der Waals surface area contributed by atoms with Gasteiger partial charge >= 0.3 is 5.97 Å². The van der Waals surface area contributed by atoms with Crippen molar-refractivity contribution in [1.29, 1.82) is 0 Å². The van der Waals surface area contributed by atoms with Crippen LogP contribution < -0.4 is 10.2 Å². The number of carboxylic acids is 1. The lowest BCUT2D eigenvalue weighted by Gasteiger charge is -2.21. The number of hydrogen-bond donors (Lipinski definition) is 2. The fraction of sp³-hybridized carbons (Fsp3) is 0.312. The molecular formula is C16H20N4O2. The van der Waals surface area contributed by atoms with Crippen molar-refractivity contribution in [3.05, 3.63) is 42.7 Å². The average molecular weight is 300 g/mol. The lowest BCUT2D eigenvalue weighted by atomic mass is 10.1. The second kappa shape index (κ2) is 6.89. The van der Waals surface area contributed by atoms with Gasteiger partial charge < -0.3 is 15.3 Å². The van der Waals surface area contributed by atoms with Gasteiger partial charge in [0.25, 0.3) is 0 Å². The summed E-state index contributed by atoms with van der Waals surface area (Å²) in [7, 11) is 1.90. The Morgan fingerprint density at radius 1 is 1.23 bits per heavy atom. The molecule has 116 valence electrons. The molecule has 6 nitrogen and oxygen atoms in total. The number of rotatable bonds is 6. The third-order valence-corrected chi connectivity index (χ3v) is 3.38. The molecule has 0 radical (unpaired) electrons. The summed E-state index contributed by atoms with van der Waals surface area (Å²) in [4.78, 5) is 21.5. The molecule has 1 atom stereocenters. The highest BCUT2D eigenvalue weighted by Gasteiger charge is 2.21. The molecule has 1 heterocycles. The van der Waals surface area contributed by atoms with Gasteiger partial charge in [0.15, 0.2) is 0 Å². The molecule has 2 aromatic rings. The number of hydrogen-bond acceptors (Lipinski definition) is 5. The van der Waals surface area contributed by atoms with Crippen LogP contribution in [0.3, 0.4) is 0 Å². The van der Waals surface area contributed by atoms with E-state index in [-0.39, 0.29) is 5.92 Å². The van der Waals surface area contributed by atoms with Gasteiger partial charge in [-0.1, -0.05) is 32.0 Å². The summed E-state index contributed by atoms with van der Waals surface area (Å²) in [5.41, 5.74) is 0.991. The lowest BCUT2D eigenvalue weighted by molar-refractivity contribution is -0.138. The van der Waals surface area contributed by atoms with Crippen molar-refractivity contribution in [2.45, 2.75) is 19.9 Å². The number of anilines is 3. The van der Waals surface area contributed by atoms with Crippen LogP contribution in [0.1, 0.15) is 13.8 Å². The zero-order valence-corrected chi connectivity index (χ0v) is 12.9. The minimum Gasteiger partial charge on any atom is -0.480 e. The number of nitrogens with zero attached hydrogens (tertiary/aromatic N) is 3. The van der Waals surface area contributed by atoms with E-state index < -0.39 is 12.0 Å². The molecule has 22 heavy (non-hydrogen) atoms. The molecule has 1 aromatic heterocycles. The summed E-state index contributed by atoms with van der Waals surface area (Å²) in [5, 5.41) is 12.2. The first kappa shape index (κ1) is 15.8. The number of aliphatic carboxylic acids is 1. The molecule has 6 heteroatoms. The van der Waals surface area contributed by atoms with Gasteiger partial charge in [-0.3, -0.25) is 0 Å². The number of para-hydroxylation sites is 1. The zero-order valence-electron chi connectivity index (χ0n) is 12.9. The van der Waals surface area contributed by atoms with E-state index in [2.05, 4.69) is 15.3 Å². The molecule has 2 N–H and O–H groups in total. The van der Waals surface area contributed by atoms with Crippen LogP contribution in [0.15, 0.2) is 42.7 Å². The Morgan fingerprint density at radius 2 is 1.91 bits per heavy atom. The van der Waals surface area contributed by atoms with Crippen molar-refractivity contribution in [2.24, 2.45) is 5.92 Å². The van der Waals surface area contributed by atoms with Gasteiger partial charge in [0, 0.05) is 18.8 Å². The molecule has 0 aliphatic rings. The first-order valence-corrected chi connectivity index (χ1v) is 7.09. The van der Waals surface area contributed by atoms with Crippen LogP contribution in [0.2, 0.25) is 0 Å². The first-order valence-electron chi connectivity index (χ1n) is 7.09. The number of carboxylic acid groups (broad SMARTS) is 1. The van der Waals surface area contributed by atoms with E-state index in [9.17, 15) is 9.90 Å². The molecule has 2 rings (SSSR count). The zero-order chi connectivity index (χ0) is 16.1. The molecule has 0 aliphatic carbocycles. The van der Waals surface area contributed by atoms with Gasteiger partial charge in [0.2, 0.25) is 0 Å². The van der Waals surface area contributed by atoms with Gasteiger partial charge in [-0.2, -0.15) is 0 Å². The molecule has 0 aliphatic heterocycles.